The fourth-order valence-electron chi connectivity index (χ4n) is 2.67. The summed E-state index contributed by atoms with van der Waals surface area (Å²) in [6.07, 6.45) is 4.56. The summed E-state index contributed by atoms with van der Waals surface area (Å²) >= 11 is 6.04. The molecule has 1 N–H and O–H groups in total. The van der Waals surface area contributed by atoms with Gasteiger partial charge in [0.1, 0.15) is 6.04 Å². The average Bonchev–Trinajstić information content (AvgIpc) is 2.66. The van der Waals surface area contributed by atoms with Crippen molar-refractivity contribution in [3.05, 3.63) is 34.8 Å². The van der Waals surface area contributed by atoms with E-state index in [1.165, 1.54) is 0 Å². The van der Waals surface area contributed by atoms with Crippen LogP contribution in [-0.2, 0) is 9.59 Å². The number of fused-ring (bicyclic) bond motifs is 3. The topological polar surface area (TPSA) is 51.1 Å². The predicted molar refractivity (Wildman–Crippen MR) is 67.4 cm³/mol. The van der Waals surface area contributed by atoms with Crippen LogP contribution >= 0.6 is 11.6 Å². The number of nitrogens with one attached hydrogen (secondary N) is 1. The normalized spacial score (nSPS) is 26.9. The standard InChI is InChI=1S/C13H13ClN2O2/c1-7-13(18)15-11-5-9(17)2-3-10(11)12-4-8(14)6-16(7)12/h4-7,10H,2-3H2,1H3,(H,15,18). The Kier molecular flexibility index (Phi) is 2.55. The molecule has 2 atom stereocenters. The van der Waals surface area contributed by atoms with Crippen molar-refractivity contribution in [3.8, 4) is 0 Å². The molecule has 3 rings (SSSR count). The molecule has 94 valence electrons. The Balaban J connectivity index is 2.17. The van der Waals surface area contributed by atoms with Gasteiger partial charge in [-0.3, -0.25) is 9.59 Å². The lowest BCUT2D eigenvalue weighted by Gasteiger charge is -2.21. The number of halogens is 1. The first-order valence-electron chi connectivity index (χ1n) is 5.99. The van der Waals surface area contributed by atoms with Gasteiger partial charge >= 0.3 is 0 Å². The first kappa shape index (κ1) is 11.5. The van der Waals surface area contributed by atoms with E-state index >= 15 is 0 Å². The quantitative estimate of drug-likeness (QED) is 0.781. The van der Waals surface area contributed by atoms with Crippen molar-refractivity contribution >= 4 is 23.3 Å². The van der Waals surface area contributed by atoms with E-state index < -0.39 is 0 Å². The minimum atomic E-state index is -0.311. The second-order valence-corrected chi connectivity index (χ2v) is 5.25. The number of hydrogen-bond donors (Lipinski definition) is 1. The molecule has 1 amide bonds. The fraction of sp³-hybridized carbons (Fsp3) is 0.385. The number of carbonyl (C=O) groups is 2. The lowest BCUT2D eigenvalue weighted by atomic mass is 9.89. The molecule has 1 aromatic rings. The van der Waals surface area contributed by atoms with Gasteiger partial charge in [0, 0.05) is 36.0 Å². The minimum Gasteiger partial charge on any atom is -0.337 e. The molecular weight excluding hydrogens is 252 g/mol. The number of ketones is 1. The van der Waals surface area contributed by atoms with Gasteiger partial charge in [0.05, 0.1) is 5.02 Å². The lowest BCUT2D eigenvalue weighted by Crippen LogP contribution is -2.29. The Labute approximate surface area is 110 Å². The van der Waals surface area contributed by atoms with Crippen LogP contribution in [0.5, 0.6) is 0 Å². The Morgan fingerprint density at radius 1 is 1.44 bits per heavy atom. The summed E-state index contributed by atoms with van der Waals surface area (Å²) in [5, 5.41) is 3.48. The molecule has 4 nitrogen and oxygen atoms in total. The average molecular weight is 265 g/mol. The molecule has 1 aliphatic carbocycles. The van der Waals surface area contributed by atoms with Gasteiger partial charge in [-0.1, -0.05) is 11.6 Å². The maximum absolute atomic E-state index is 12.0. The van der Waals surface area contributed by atoms with Crippen LogP contribution in [-0.4, -0.2) is 16.3 Å². The van der Waals surface area contributed by atoms with E-state index in [1.54, 1.807) is 12.3 Å². The summed E-state index contributed by atoms with van der Waals surface area (Å²) in [6.45, 7) is 1.83. The minimum absolute atomic E-state index is 0.0594. The highest BCUT2D eigenvalue weighted by Crippen LogP contribution is 2.37. The van der Waals surface area contributed by atoms with E-state index in [9.17, 15) is 9.59 Å². The third kappa shape index (κ3) is 1.68. The molecule has 0 saturated carbocycles. The van der Waals surface area contributed by atoms with Gasteiger partial charge in [0.25, 0.3) is 0 Å². The summed E-state index contributed by atoms with van der Waals surface area (Å²) in [5.41, 5.74) is 1.71. The summed E-state index contributed by atoms with van der Waals surface area (Å²) in [4.78, 5) is 23.5. The zero-order valence-electron chi connectivity index (χ0n) is 9.94. The maximum atomic E-state index is 12.0. The Morgan fingerprint density at radius 2 is 2.22 bits per heavy atom. The maximum Gasteiger partial charge on any atom is 0.246 e. The van der Waals surface area contributed by atoms with E-state index in [-0.39, 0.29) is 23.7 Å². The second kappa shape index (κ2) is 3.99. The van der Waals surface area contributed by atoms with Crippen LogP contribution in [0, 0.1) is 0 Å². The van der Waals surface area contributed by atoms with Gasteiger partial charge in [-0.05, 0) is 19.4 Å². The first-order chi connectivity index (χ1) is 8.56. The highest BCUT2D eigenvalue weighted by atomic mass is 35.5. The van der Waals surface area contributed by atoms with E-state index in [0.717, 1.165) is 12.1 Å². The lowest BCUT2D eigenvalue weighted by molar-refractivity contribution is -0.122. The van der Waals surface area contributed by atoms with E-state index in [1.807, 2.05) is 17.6 Å². The van der Waals surface area contributed by atoms with Gasteiger partial charge in [-0.15, -0.1) is 0 Å². The van der Waals surface area contributed by atoms with Gasteiger partial charge in [0.15, 0.2) is 5.78 Å². The third-order valence-corrected chi connectivity index (χ3v) is 3.85. The number of rotatable bonds is 0. The molecule has 0 bridgehead atoms. The first-order valence-corrected chi connectivity index (χ1v) is 6.36. The van der Waals surface area contributed by atoms with Gasteiger partial charge < -0.3 is 9.88 Å². The van der Waals surface area contributed by atoms with Crippen molar-refractivity contribution in [1.82, 2.24) is 9.88 Å². The van der Waals surface area contributed by atoms with Gasteiger partial charge in [-0.2, -0.15) is 0 Å². The largest absolute Gasteiger partial charge is 0.337 e. The number of amides is 1. The van der Waals surface area contributed by atoms with Crippen LogP contribution in [0.2, 0.25) is 5.02 Å². The van der Waals surface area contributed by atoms with E-state index in [4.69, 9.17) is 11.6 Å². The number of carbonyl (C=O) groups excluding carboxylic acids is 2. The highest BCUT2D eigenvalue weighted by Gasteiger charge is 2.33. The zero-order valence-corrected chi connectivity index (χ0v) is 10.7. The molecule has 0 radical (unpaired) electrons. The molecule has 2 unspecified atom stereocenters. The number of nitrogens with zero attached hydrogens (tertiary/aromatic N) is 1. The molecule has 2 heterocycles. The second-order valence-electron chi connectivity index (χ2n) is 4.81. The van der Waals surface area contributed by atoms with Crippen molar-refractivity contribution in [2.45, 2.75) is 31.7 Å². The van der Waals surface area contributed by atoms with Gasteiger partial charge in [-0.25, -0.2) is 0 Å². The van der Waals surface area contributed by atoms with Crippen LogP contribution in [0.3, 0.4) is 0 Å². The summed E-state index contributed by atoms with van der Waals surface area (Å²) in [7, 11) is 0. The Hall–Kier alpha value is -1.55. The molecule has 0 saturated heterocycles. The monoisotopic (exact) mass is 264 g/mol. The van der Waals surface area contributed by atoms with Crippen LogP contribution < -0.4 is 5.32 Å². The molecule has 2 aliphatic rings. The molecule has 0 aromatic carbocycles. The number of allylic oxidation sites excluding steroid dienone is 2. The van der Waals surface area contributed by atoms with Crippen molar-refractivity contribution < 1.29 is 9.59 Å². The highest BCUT2D eigenvalue weighted by molar-refractivity contribution is 6.30. The summed E-state index contributed by atoms with van der Waals surface area (Å²) in [6, 6.07) is 1.57. The SMILES string of the molecule is CC1C(=O)NC2=CC(=O)CCC2c2cc(Cl)cn21. The van der Waals surface area contributed by atoms with Crippen molar-refractivity contribution in [1.29, 1.82) is 0 Å². The molecular formula is C13H13ClN2O2. The van der Waals surface area contributed by atoms with Crippen molar-refractivity contribution in [2.24, 2.45) is 0 Å². The fourth-order valence-corrected chi connectivity index (χ4v) is 2.89. The Bertz CT molecular complexity index is 574. The van der Waals surface area contributed by atoms with Crippen molar-refractivity contribution in [3.63, 3.8) is 0 Å². The molecule has 5 heteroatoms. The molecule has 1 aromatic heterocycles. The molecule has 1 aliphatic heterocycles. The predicted octanol–water partition coefficient (Wildman–Crippen LogP) is 2.16. The zero-order chi connectivity index (χ0) is 12.9. The third-order valence-electron chi connectivity index (χ3n) is 3.64. The van der Waals surface area contributed by atoms with E-state index in [0.29, 0.717) is 17.1 Å². The number of aromatic nitrogens is 1. The van der Waals surface area contributed by atoms with Crippen LogP contribution in [0.15, 0.2) is 24.0 Å². The summed E-state index contributed by atoms with van der Waals surface area (Å²) < 4.78 is 1.90. The Morgan fingerprint density at radius 3 is 3.00 bits per heavy atom. The summed E-state index contributed by atoms with van der Waals surface area (Å²) in [5.74, 6) is 0.0244. The van der Waals surface area contributed by atoms with E-state index in [2.05, 4.69) is 5.32 Å². The van der Waals surface area contributed by atoms with Crippen molar-refractivity contribution in [2.75, 3.05) is 0 Å². The molecule has 0 spiro atoms. The van der Waals surface area contributed by atoms with Gasteiger partial charge in [0.2, 0.25) is 5.91 Å². The number of hydrogen-bond acceptors (Lipinski definition) is 2. The smallest absolute Gasteiger partial charge is 0.246 e. The van der Waals surface area contributed by atoms with Crippen LogP contribution in [0.25, 0.3) is 0 Å². The van der Waals surface area contributed by atoms with Crippen LogP contribution in [0.4, 0.5) is 0 Å². The molecule has 0 fully saturated rings. The molecule has 18 heavy (non-hydrogen) atoms. The van der Waals surface area contributed by atoms with Crippen LogP contribution in [0.1, 0.15) is 37.4 Å².